The van der Waals surface area contributed by atoms with E-state index in [4.69, 9.17) is 4.74 Å². The number of ketones is 1. The van der Waals surface area contributed by atoms with Gasteiger partial charge in [-0.05, 0) is 60.5 Å². The fourth-order valence-electron chi connectivity index (χ4n) is 3.78. The first kappa shape index (κ1) is 26.3. The average Bonchev–Trinajstić information content (AvgIpc) is 2.91. The van der Waals surface area contributed by atoms with Crippen LogP contribution in [0.1, 0.15) is 23.6 Å². The predicted molar refractivity (Wildman–Crippen MR) is 137 cm³/mol. The van der Waals surface area contributed by atoms with Crippen molar-refractivity contribution in [3.05, 3.63) is 118 Å². The third-order valence-electron chi connectivity index (χ3n) is 5.66. The van der Waals surface area contributed by atoms with Gasteiger partial charge in [-0.15, -0.1) is 0 Å². The Morgan fingerprint density at radius 1 is 0.947 bits per heavy atom. The number of nitrogens with zero attached hydrogens (tertiary/aromatic N) is 1. The van der Waals surface area contributed by atoms with Crippen LogP contribution in [0.25, 0.3) is 16.7 Å². The van der Waals surface area contributed by atoms with Gasteiger partial charge in [0.05, 0.1) is 23.1 Å². The lowest BCUT2D eigenvalue weighted by Gasteiger charge is -2.15. The molecule has 0 saturated carbocycles. The number of pyridine rings is 1. The number of fused-ring (bicyclic) bond motifs is 1. The maximum Gasteiger partial charge on any atom is 0.379 e. The highest BCUT2D eigenvalue weighted by molar-refractivity contribution is 6.39. The number of carbonyl (C=O) groups is 2. The predicted octanol–water partition coefficient (Wildman–Crippen LogP) is 4.94. The van der Waals surface area contributed by atoms with Gasteiger partial charge in [-0.3, -0.25) is 9.59 Å². The molecule has 0 amide bonds. The van der Waals surface area contributed by atoms with Crippen LogP contribution in [0, 0.1) is 11.6 Å². The minimum atomic E-state index is -1.16. The van der Waals surface area contributed by atoms with E-state index in [0.717, 1.165) is 0 Å². The summed E-state index contributed by atoms with van der Waals surface area (Å²) in [6.45, 7) is 1.83. The molecule has 1 heterocycles. The van der Waals surface area contributed by atoms with Crippen LogP contribution in [0.4, 0.5) is 8.78 Å². The molecule has 0 aliphatic heterocycles. The molecule has 0 aliphatic carbocycles. The number of halogens is 2. The number of esters is 1. The number of benzene rings is 3. The van der Waals surface area contributed by atoms with Crippen LogP contribution in [0.3, 0.4) is 0 Å². The van der Waals surface area contributed by atoms with E-state index in [0.29, 0.717) is 28.5 Å². The summed E-state index contributed by atoms with van der Waals surface area (Å²) < 4.78 is 38.7. The second-order valence-corrected chi connectivity index (χ2v) is 8.33. The van der Waals surface area contributed by atoms with Gasteiger partial charge in [0.15, 0.2) is 5.43 Å². The largest absolute Gasteiger partial charge is 0.507 e. The molecular formula is C29H23F2NO6. The number of hydrogen-bond acceptors (Lipinski definition) is 6. The Morgan fingerprint density at radius 3 is 2.21 bits per heavy atom. The molecule has 3 aromatic carbocycles. The van der Waals surface area contributed by atoms with Crippen molar-refractivity contribution in [2.75, 3.05) is 6.61 Å². The smallest absolute Gasteiger partial charge is 0.379 e. The highest BCUT2D eigenvalue weighted by Crippen LogP contribution is 2.23. The SMILES string of the molecule is CCOC(=O)C(=O)C=C(O)c1cn(Cc2ccc(F)cc2)c2ccc(OCc3ccc(F)cc3)cc2c1=O. The number of rotatable bonds is 9. The van der Waals surface area contributed by atoms with Crippen molar-refractivity contribution in [2.24, 2.45) is 0 Å². The van der Waals surface area contributed by atoms with E-state index in [1.54, 1.807) is 41.0 Å². The Balaban J connectivity index is 1.76. The molecule has 4 rings (SSSR count). The number of carbonyl (C=O) groups excluding carboxylic acids is 2. The Labute approximate surface area is 216 Å². The Kier molecular flexibility index (Phi) is 7.96. The van der Waals surface area contributed by atoms with Gasteiger partial charge in [-0.1, -0.05) is 24.3 Å². The summed E-state index contributed by atoms with van der Waals surface area (Å²) in [5.74, 6) is -3.42. The molecule has 1 N–H and O–H groups in total. The number of aromatic nitrogens is 1. The lowest BCUT2D eigenvalue weighted by molar-refractivity contribution is -0.151. The van der Waals surface area contributed by atoms with Crippen LogP contribution < -0.4 is 10.2 Å². The minimum absolute atomic E-state index is 0.0275. The molecule has 7 nitrogen and oxygen atoms in total. The summed E-state index contributed by atoms with van der Waals surface area (Å²) in [7, 11) is 0. The molecule has 0 unspecified atom stereocenters. The van der Waals surface area contributed by atoms with E-state index in [2.05, 4.69) is 4.74 Å². The molecular weight excluding hydrogens is 496 g/mol. The summed E-state index contributed by atoms with van der Waals surface area (Å²) in [6, 6.07) is 16.4. The molecule has 0 aliphatic rings. The lowest BCUT2D eigenvalue weighted by atomic mass is 10.1. The van der Waals surface area contributed by atoms with E-state index in [-0.39, 0.29) is 36.5 Å². The van der Waals surface area contributed by atoms with Crippen LogP contribution in [0.5, 0.6) is 5.75 Å². The second-order valence-electron chi connectivity index (χ2n) is 8.33. The van der Waals surface area contributed by atoms with Crippen molar-refractivity contribution >= 4 is 28.4 Å². The monoisotopic (exact) mass is 519 g/mol. The van der Waals surface area contributed by atoms with Gasteiger partial charge >= 0.3 is 5.97 Å². The molecule has 194 valence electrons. The molecule has 0 saturated heterocycles. The fourth-order valence-corrected chi connectivity index (χ4v) is 3.78. The fraction of sp³-hybridized carbons (Fsp3) is 0.138. The van der Waals surface area contributed by atoms with Crippen molar-refractivity contribution in [2.45, 2.75) is 20.1 Å². The summed E-state index contributed by atoms with van der Waals surface area (Å²) in [5.41, 5.74) is 1.08. The summed E-state index contributed by atoms with van der Waals surface area (Å²) in [5, 5.41) is 10.8. The first-order chi connectivity index (χ1) is 18.2. The molecule has 0 spiro atoms. The van der Waals surface area contributed by atoms with E-state index in [1.807, 2.05) is 0 Å². The van der Waals surface area contributed by atoms with E-state index < -0.39 is 28.8 Å². The maximum absolute atomic E-state index is 13.4. The molecule has 1 aromatic heterocycles. The molecule has 38 heavy (non-hydrogen) atoms. The van der Waals surface area contributed by atoms with Gasteiger partial charge in [-0.2, -0.15) is 0 Å². The van der Waals surface area contributed by atoms with Crippen LogP contribution in [-0.4, -0.2) is 28.0 Å². The zero-order valence-electron chi connectivity index (χ0n) is 20.3. The number of hydrogen-bond donors (Lipinski definition) is 1. The summed E-state index contributed by atoms with van der Waals surface area (Å²) in [6.07, 6.45) is 2.00. The molecule has 4 aromatic rings. The minimum Gasteiger partial charge on any atom is -0.507 e. The molecule has 9 heteroatoms. The van der Waals surface area contributed by atoms with Crippen molar-refractivity contribution in [1.29, 1.82) is 0 Å². The number of aliphatic hydroxyl groups is 1. The van der Waals surface area contributed by atoms with Crippen molar-refractivity contribution in [1.82, 2.24) is 4.57 Å². The average molecular weight is 520 g/mol. The van der Waals surface area contributed by atoms with Crippen LogP contribution in [-0.2, 0) is 27.5 Å². The number of aliphatic hydroxyl groups excluding tert-OH is 1. The van der Waals surface area contributed by atoms with Crippen molar-refractivity contribution < 1.29 is 33.0 Å². The molecule has 0 fully saturated rings. The highest BCUT2D eigenvalue weighted by Gasteiger charge is 2.18. The Bertz CT molecular complexity index is 1570. The Hall–Kier alpha value is -4.79. The maximum atomic E-state index is 13.4. The molecule has 0 bridgehead atoms. The second kappa shape index (κ2) is 11.5. The zero-order valence-corrected chi connectivity index (χ0v) is 20.3. The third-order valence-corrected chi connectivity index (χ3v) is 5.66. The first-order valence-electron chi connectivity index (χ1n) is 11.7. The van der Waals surface area contributed by atoms with Crippen LogP contribution in [0.15, 0.2) is 83.8 Å². The van der Waals surface area contributed by atoms with Gasteiger partial charge in [0, 0.05) is 18.8 Å². The Morgan fingerprint density at radius 2 is 1.58 bits per heavy atom. The molecule has 0 atom stereocenters. The van der Waals surface area contributed by atoms with Gasteiger partial charge in [0.25, 0.3) is 5.78 Å². The molecule has 0 radical (unpaired) electrons. The van der Waals surface area contributed by atoms with Gasteiger partial charge in [-0.25, -0.2) is 13.6 Å². The normalized spacial score (nSPS) is 11.4. The van der Waals surface area contributed by atoms with E-state index in [1.165, 1.54) is 43.5 Å². The standard InChI is InChI=1S/C29H23F2NO6/c1-2-37-29(36)27(34)14-26(33)24-16-32(15-18-3-7-20(30)8-4-18)25-12-11-22(13-23(25)28(24)35)38-17-19-5-9-21(31)10-6-19/h3-14,16,33H,2,15,17H2,1H3. The zero-order chi connectivity index (χ0) is 27.2. The van der Waals surface area contributed by atoms with Gasteiger partial charge in [0.1, 0.15) is 29.8 Å². The summed E-state index contributed by atoms with van der Waals surface area (Å²) >= 11 is 0. The van der Waals surface area contributed by atoms with Crippen molar-refractivity contribution in [3.8, 4) is 5.75 Å². The summed E-state index contributed by atoms with van der Waals surface area (Å²) in [4.78, 5) is 37.2. The van der Waals surface area contributed by atoms with E-state index >= 15 is 0 Å². The quantitative estimate of drug-likeness (QED) is 0.146. The first-order valence-corrected chi connectivity index (χ1v) is 11.7. The van der Waals surface area contributed by atoms with Gasteiger partial charge < -0.3 is 19.1 Å². The van der Waals surface area contributed by atoms with Crippen molar-refractivity contribution in [3.63, 3.8) is 0 Å². The lowest BCUT2D eigenvalue weighted by Crippen LogP contribution is -2.18. The highest BCUT2D eigenvalue weighted by atomic mass is 19.1. The van der Waals surface area contributed by atoms with Crippen LogP contribution >= 0.6 is 0 Å². The van der Waals surface area contributed by atoms with E-state index in [9.17, 15) is 28.3 Å². The van der Waals surface area contributed by atoms with Gasteiger partial charge in [0.2, 0.25) is 0 Å². The third kappa shape index (κ3) is 6.12. The topological polar surface area (TPSA) is 94.8 Å². The van der Waals surface area contributed by atoms with Crippen LogP contribution in [0.2, 0.25) is 0 Å². The number of ether oxygens (including phenoxy) is 2.